The molecular formula is C10H15N5O4. The fourth-order valence-electron chi connectivity index (χ4n) is 1.79. The van der Waals surface area contributed by atoms with Gasteiger partial charge in [0.2, 0.25) is 5.95 Å². The number of ether oxygens (including phenoxy) is 1. The molecule has 1 fully saturated rings. The van der Waals surface area contributed by atoms with E-state index in [1.165, 1.54) is 17.9 Å². The first-order valence-electron chi connectivity index (χ1n) is 5.66. The molecule has 0 radical (unpaired) electrons. The largest absolute Gasteiger partial charge is 0.481 e. The van der Waals surface area contributed by atoms with Crippen LogP contribution < -0.4 is 10.6 Å². The van der Waals surface area contributed by atoms with Gasteiger partial charge in [0.15, 0.2) is 0 Å². The van der Waals surface area contributed by atoms with Crippen molar-refractivity contribution in [3.8, 4) is 0 Å². The van der Waals surface area contributed by atoms with E-state index in [-0.39, 0.29) is 19.2 Å². The molecule has 0 saturated carbocycles. The molecule has 2 amide bonds. The van der Waals surface area contributed by atoms with Crippen molar-refractivity contribution in [2.75, 3.05) is 18.5 Å². The van der Waals surface area contributed by atoms with Gasteiger partial charge in [-0.3, -0.25) is 10.1 Å². The standard InChI is InChI=1S/C10H15N5O4/c1-10(7(16)17)4-19-3-6(10)13-9(18)14-8-11-5-12-15(8)2/h5-6H,3-4H2,1-2H3,(H,16,17)(H2,11,12,13,14,18). The Hall–Kier alpha value is -2.16. The second-order valence-corrected chi connectivity index (χ2v) is 4.60. The molecule has 104 valence electrons. The highest BCUT2D eigenvalue weighted by Crippen LogP contribution is 2.28. The van der Waals surface area contributed by atoms with Gasteiger partial charge in [0.05, 0.1) is 19.3 Å². The van der Waals surface area contributed by atoms with Crippen molar-refractivity contribution in [2.24, 2.45) is 12.5 Å². The summed E-state index contributed by atoms with van der Waals surface area (Å²) >= 11 is 0. The smallest absolute Gasteiger partial charge is 0.321 e. The van der Waals surface area contributed by atoms with Crippen LogP contribution >= 0.6 is 0 Å². The minimum atomic E-state index is -1.13. The first kappa shape index (κ1) is 13.3. The number of nitrogens with zero attached hydrogens (tertiary/aromatic N) is 3. The normalized spacial score (nSPS) is 26.1. The van der Waals surface area contributed by atoms with Crippen LogP contribution in [-0.4, -0.2) is 51.1 Å². The van der Waals surface area contributed by atoms with Crippen molar-refractivity contribution in [2.45, 2.75) is 13.0 Å². The van der Waals surface area contributed by atoms with E-state index in [9.17, 15) is 14.7 Å². The lowest BCUT2D eigenvalue weighted by atomic mass is 9.85. The highest BCUT2D eigenvalue weighted by molar-refractivity contribution is 5.88. The second kappa shape index (κ2) is 4.84. The highest BCUT2D eigenvalue weighted by atomic mass is 16.5. The molecule has 0 bridgehead atoms. The first-order valence-corrected chi connectivity index (χ1v) is 5.66. The number of carbonyl (C=O) groups excluding carboxylic acids is 1. The quantitative estimate of drug-likeness (QED) is 0.676. The zero-order valence-corrected chi connectivity index (χ0v) is 10.6. The Bertz CT molecular complexity index is 502. The predicted molar refractivity (Wildman–Crippen MR) is 63.5 cm³/mol. The molecular weight excluding hydrogens is 254 g/mol. The van der Waals surface area contributed by atoms with E-state index in [1.54, 1.807) is 7.05 Å². The summed E-state index contributed by atoms with van der Waals surface area (Å²) in [6.07, 6.45) is 1.30. The average Bonchev–Trinajstić information content (AvgIpc) is 2.88. The van der Waals surface area contributed by atoms with Gasteiger partial charge in [0.1, 0.15) is 11.7 Å². The molecule has 1 aromatic heterocycles. The first-order chi connectivity index (χ1) is 8.93. The van der Waals surface area contributed by atoms with Crippen molar-refractivity contribution < 1.29 is 19.4 Å². The Kier molecular flexibility index (Phi) is 3.38. The topological polar surface area (TPSA) is 118 Å². The second-order valence-electron chi connectivity index (χ2n) is 4.60. The summed E-state index contributed by atoms with van der Waals surface area (Å²) in [5.74, 6) is -0.734. The highest BCUT2D eigenvalue weighted by Gasteiger charge is 2.47. The summed E-state index contributed by atoms with van der Waals surface area (Å²) in [6.45, 7) is 1.77. The third-order valence-electron chi connectivity index (χ3n) is 3.19. The zero-order chi connectivity index (χ0) is 14.0. The van der Waals surface area contributed by atoms with E-state index in [2.05, 4.69) is 20.7 Å². The third kappa shape index (κ3) is 2.50. The fraction of sp³-hybridized carbons (Fsp3) is 0.600. The lowest BCUT2D eigenvalue weighted by molar-refractivity contribution is -0.148. The van der Waals surface area contributed by atoms with Crippen LogP contribution in [0.15, 0.2) is 6.33 Å². The molecule has 1 aliphatic rings. The van der Waals surface area contributed by atoms with Gasteiger partial charge in [-0.1, -0.05) is 0 Å². The van der Waals surface area contributed by atoms with Crippen molar-refractivity contribution in [1.82, 2.24) is 20.1 Å². The number of nitrogens with one attached hydrogen (secondary N) is 2. The van der Waals surface area contributed by atoms with E-state index in [4.69, 9.17) is 4.74 Å². The molecule has 1 aliphatic heterocycles. The number of carboxylic acids is 1. The molecule has 9 heteroatoms. The molecule has 2 unspecified atom stereocenters. The van der Waals surface area contributed by atoms with Crippen LogP contribution in [-0.2, 0) is 16.6 Å². The number of rotatable bonds is 3. The maximum Gasteiger partial charge on any atom is 0.321 e. The number of anilines is 1. The fourth-order valence-corrected chi connectivity index (χ4v) is 1.79. The molecule has 0 aromatic carbocycles. The monoisotopic (exact) mass is 269 g/mol. The maximum absolute atomic E-state index is 11.8. The van der Waals surface area contributed by atoms with Crippen LogP contribution in [0.4, 0.5) is 10.7 Å². The summed E-state index contributed by atoms with van der Waals surface area (Å²) in [5, 5.41) is 18.0. The number of carboxylic acid groups (broad SMARTS) is 1. The minimum Gasteiger partial charge on any atom is -0.481 e. The summed E-state index contributed by atoms with van der Waals surface area (Å²) in [6, 6.07) is -1.14. The number of hydrogen-bond acceptors (Lipinski definition) is 5. The molecule has 2 atom stereocenters. The molecule has 3 N–H and O–H groups in total. The van der Waals surface area contributed by atoms with Crippen molar-refractivity contribution in [3.05, 3.63) is 6.33 Å². The Labute approximate surface area is 109 Å². The maximum atomic E-state index is 11.8. The molecule has 19 heavy (non-hydrogen) atoms. The molecule has 1 saturated heterocycles. The van der Waals surface area contributed by atoms with Gasteiger partial charge in [-0.05, 0) is 6.92 Å². The van der Waals surface area contributed by atoms with Crippen molar-refractivity contribution in [1.29, 1.82) is 0 Å². The van der Waals surface area contributed by atoms with E-state index in [1.807, 2.05) is 0 Å². The number of aliphatic carboxylic acids is 1. The van der Waals surface area contributed by atoms with Crippen LogP contribution in [0, 0.1) is 5.41 Å². The van der Waals surface area contributed by atoms with Crippen molar-refractivity contribution >= 4 is 17.9 Å². The summed E-state index contributed by atoms with van der Waals surface area (Å²) in [4.78, 5) is 26.8. The summed E-state index contributed by atoms with van der Waals surface area (Å²) < 4.78 is 6.53. The number of aromatic nitrogens is 3. The molecule has 9 nitrogen and oxygen atoms in total. The van der Waals surface area contributed by atoms with Crippen LogP contribution in [0.1, 0.15) is 6.92 Å². The average molecular weight is 269 g/mol. The van der Waals surface area contributed by atoms with Crippen molar-refractivity contribution in [3.63, 3.8) is 0 Å². The zero-order valence-electron chi connectivity index (χ0n) is 10.6. The number of aryl methyl sites for hydroxylation is 1. The van der Waals surface area contributed by atoms with Crippen LogP contribution in [0.25, 0.3) is 0 Å². The lowest BCUT2D eigenvalue weighted by Gasteiger charge is -2.25. The Balaban J connectivity index is 1.99. The van der Waals surface area contributed by atoms with Gasteiger partial charge in [0.25, 0.3) is 0 Å². The third-order valence-corrected chi connectivity index (χ3v) is 3.19. The molecule has 0 aliphatic carbocycles. The van der Waals surface area contributed by atoms with Crippen LogP contribution in [0.5, 0.6) is 0 Å². The predicted octanol–water partition coefficient (Wildman–Crippen LogP) is -0.574. The van der Waals surface area contributed by atoms with Gasteiger partial charge in [-0.25, -0.2) is 9.48 Å². The van der Waals surface area contributed by atoms with Crippen LogP contribution in [0.2, 0.25) is 0 Å². The molecule has 2 rings (SSSR count). The van der Waals surface area contributed by atoms with E-state index in [0.717, 1.165) is 0 Å². The SMILES string of the molecule is Cn1ncnc1NC(=O)NC1COCC1(C)C(=O)O. The number of carbonyl (C=O) groups is 2. The molecule has 2 heterocycles. The Morgan fingerprint density at radius 3 is 2.95 bits per heavy atom. The van der Waals surface area contributed by atoms with Gasteiger partial charge in [0, 0.05) is 7.05 Å². The number of hydrogen-bond donors (Lipinski definition) is 3. The van der Waals surface area contributed by atoms with E-state index >= 15 is 0 Å². The van der Waals surface area contributed by atoms with Gasteiger partial charge >= 0.3 is 12.0 Å². The van der Waals surface area contributed by atoms with E-state index < -0.39 is 23.5 Å². The van der Waals surface area contributed by atoms with Gasteiger partial charge < -0.3 is 15.2 Å². The van der Waals surface area contributed by atoms with Gasteiger partial charge in [-0.2, -0.15) is 10.1 Å². The van der Waals surface area contributed by atoms with Gasteiger partial charge in [-0.15, -0.1) is 0 Å². The lowest BCUT2D eigenvalue weighted by Crippen LogP contribution is -2.51. The molecule has 1 aromatic rings. The Morgan fingerprint density at radius 1 is 1.63 bits per heavy atom. The Morgan fingerprint density at radius 2 is 2.37 bits per heavy atom. The summed E-state index contributed by atoms with van der Waals surface area (Å²) in [7, 11) is 1.63. The molecule has 0 spiro atoms. The number of urea groups is 1. The van der Waals surface area contributed by atoms with Crippen LogP contribution in [0.3, 0.4) is 0 Å². The number of amides is 2. The summed E-state index contributed by atoms with van der Waals surface area (Å²) in [5.41, 5.74) is -1.13. The van der Waals surface area contributed by atoms with E-state index in [0.29, 0.717) is 0 Å². The minimum absolute atomic E-state index is 0.0667.